The zero-order valence-electron chi connectivity index (χ0n) is 27.7. The molecule has 0 nitrogen and oxygen atoms in total. The first kappa shape index (κ1) is 28.1. The highest BCUT2D eigenvalue weighted by molar-refractivity contribution is 6.25. The molecule has 0 unspecified atom stereocenters. The van der Waals surface area contributed by atoms with Gasteiger partial charge in [0.05, 0.1) is 0 Å². The predicted molar refractivity (Wildman–Crippen MR) is 210 cm³/mol. The molecule has 0 aromatic heterocycles. The van der Waals surface area contributed by atoms with E-state index in [2.05, 4.69) is 184 Å². The van der Waals surface area contributed by atoms with Gasteiger partial charge in [-0.2, -0.15) is 0 Å². The third-order valence-corrected chi connectivity index (χ3v) is 11.1. The van der Waals surface area contributed by atoms with Gasteiger partial charge in [0.1, 0.15) is 0 Å². The average molecular weight is 623 g/mol. The van der Waals surface area contributed by atoms with Crippen LogP contribution in [0, 0.1) is 0 Å². The Hall–Kier alpha value is -5.98. The monoisotopic (exact) mass is 622 g/mol. The molecular weight excluding hydrogens is 589 g/mol. The van der Waals surface area contributed by atoms with Crippen LogP contribution >= 0.6 is 0 Å². The third kappa shape index (κ3) is 3.98. The molecule has 0 bridgehead atoms. The Morgan fingerprint density at radius 3 is 1.33 bits per heavy atom. The summed E-state index contributed by atoms with van der Waals surface area (Å²) in [5.41, 5.74) is 13.2. The normalized spacial score (nSPS) is 13.3. The van der Waals surface area contributed by atoms with Crippen molar-refractivity contribution in [2.75, 3.05) is 0 Å². The van der Waals surface area contributed by atoms with E-state index in [-0.39, 0.29) is 5.41 Å². The molecule has 0 fully saturated rings. The van der Waals surface area contributed by atoms with Crippen molar-refractivity contribution >= 4 is 43.1 Å². The molecule has 0 saturated carbocycles. The van der Waals surface area contributed by atoms with Crippen molar-refractivity contribution in [3.05, 3.63) is 181 Å². The predicted octanol–water partition coefficient (Wildman–Crippen LogP) is 13.6. The van der Waals surface area contributed by atoms with E-state index in [9.17, 15) is 0 Å². The van der Waals surface area contributed by atoms with Gasteiger partial charge in [-0.15, -0.1) is 0 Å². The molecule has 230 valence electrons. The van der Waals surface area contributed by atoms with E-state index in [0.717, 1.165) is 0 Å². The van der Waals surface area contributed by atoms with Crippen LogP contribution in [0.25, 0.3) is 87.6 Å². The summed E-state index contributed by atoms with van der Waals surface area (Å²) in [5.74, 6) is 0. The standard InChI is InChI=1S/C49H34/c1-49(2)45-28-12-11-20-36(45)44-27-14-26-43(48(44)49)35-29-30-42(34-19-6-5-18-33(34)35)47-40-23-9-7-21-38(40)46(39-22-8-10-24-41(39)47)37-25-13-16-31-15-3-4-17-32(31)37/h3-30H,1-2H3. The van der Waals surface area contributed by atoms with Crippen LogP contribution in [-0.2, 0) is 5.41 Å². The van der Waals surface area contributed by atoms with Gasteiger partial charge in [0.15, 0.2) is 0 Å². The zero-order valence-corrected chi connectivity index (χ0v) is 27.7. The van der Waals surface area contributed by atoms with Gasteiger partial charge in [-0.1, -0.05) is 184 Å². The Morgan fingerprint density at radius 2 is 0.673 bits per heavy atom. The molecule has 0 N–H and O–H groups in total. The molecule has 0 heteroatoms. The summed E-state index contributed by atoms with van der Waals surface area (Å²) in [6.45, 7) is 4.76. The van der Waals surface area contributed by atoms with Gasteiger partial charge < -0.3 is 0 Å². The maximum atomic E-state index is 2.39. The van der Waals surface area contributed by atoms with E-state index < -0.39 is 0 Å². The SMILES string of the molecule is CC1(C)c2ccccc2-c2cccc(-c3ccc(-c4c5ccccc5c(-c5cccc6ccccc56)c5ccccc45)c4ccccc34)c21. The molecule has 0 aliphatic heterocycles. The summed E-state index contributed by atoms with van der Waals surface area (Å²) in [7, 11) is 0. The Balaban J connectivity index is 1.27. The van der Waals surface area contributed by atoms with Crippen LogP contribution in [0.4, 0.5) is 0 Å². The highest BCUT2D eigenvalue weighted by atomic mass is 14.4. The van der Waals surface area contributed by atoms with Crippen molar-refractivity contribution in [2.45, 2.75) is 19.3 Å². The molecule has 1 aliphatic carbocycles. The maximum absolute atomic E-state index is 2.39. The lowest BCUT2D eigenvalue weighted by Gasteiger charge is -2.25. The van der Waals surface area contributed by atoms with Crippen LogP contribution in [0.5, 0.6) is 0 Å². The van der Waals surface area contributed by atoms with Crippen LogP contribution in [0.3, 0.4) is 0 Å². The number of benzene rings is 9. The number of hydrogen-bond donors (Lipinski definition) is 0. The van der Waals surface area contributed by atoms with Crippen LogP contribution in [0.15, 0.2) is 170 Å². The minimum Gasteiger partial charge on any atom is -0.0619 e. The van der Waals surface area contributed by atoms with E-state index in [0.29, 0.717) is 0 Å². The second kappa shape index (κ2) is 10.5. The van der Waals surface area contributed by atoms with E-state index >= 15 is 0 Å². The van der Waals surface area contributed by atoms with Crippen molar-refractivity contribution in [2.24, 2.45) is 0 Å². The lowest BCUT2D eigenvalue weighted by Crippen LogP contribution is -2.16. The van der Waals surface area contributed by atoms with E-state index in [4.69, 9.17) is 0 Å². The van der Waals surface area contributed by atoms with Crippen LogP contribution < -0.4 is 0 Å². The Labute approximate surface area is 286 Å². The third-order valence-electron chi connectivity index (χ3n) is 11.1. The second-order valence-electron chi connectivity index (χ2n) is 14.0. The van der Waals surface area contributed by atoms with Crippen LogP contribution in [-0.4, -0.2) is 0 Å². The highest BCUT2D eigenvalue weighted by Crippen LogP contribution is 2.53. The molecule has 49 heavy (non-hydrogen) atoms. The van der Waals surface area contributed by atoms with E-state index in [1.54, 1.807) is 0 Å². The fraction of sp³-hybridized carbons (Fsp3) is 0.0612. The highest BCUT2D eigenvalue weighted by Gasteiger charge is 2.37. The molecule has 10 rings (SSSR count). The first-order valence-corrected chi connectivity index (χ1v) is 17.3. The van der Waals surface area contributed by atoms with Crippen LogP contribution in [0.1, 0.15) is 25.0 Å². The largest absolute Gasteiger partial charge is 0.0619 e. The fourth-order valence-corrected chi connectivity index (χ4v) is 8.98. The summed E-state index contributed by atoms with van der Waals surface area (Å²) in [6, 6.07) is 63.1. The zero-order chi connectivity index (χ0) is 32.7. The van der Waals surface area contributed by atoms with Gasteiger partial charge in [-0.3, -0.25) is 0 Å². The van der Waals surface area contributed by atoms with Crippen molar-refractivity contribution in [3.8, 4) is 44.5 Å². The maximum Gasteiger partial charge on any atom is 0.0165 e. The number of rotatable bonds is 3. The number of fused-ring (bicyclic) bond motifs is 7. The topological polar surface area (TPSA) is 0 Å². The molecule has 0 amide bonds. The minimum atomic E-state index is -0.0911. The average Bonchev–Trinajstić information content (AvgIpc) is 3.39. The Kier molecular flexibility index (Phi) is 6.02. The van der Waals surface area contributed by atoms with Gasteiger partial charge in [-0.05, 0) is 98.7 Å². The van der Waals surface area contributed by atoms with E-state index in [1.807, 2.05) is 0 Å². The van der Waals surface area contributed by atoms with Crippen molar-refractivity contribution in [1.82, 2.24) is 0 Å². The smallest absolute Gasteiger partial charge is 0.0165 e. The molecule has 0 saturated heterocycles. The van der Waals surface area contributed by atoms with Crippen LogP contribution in [0.2, 0.25) is 0 Å². The fourth-order valence-electron chi connectivity index (χ4n) is 8.98. The van der Waals surface area contributed by atoms with Gasteiger partial charge in [-0.25, -0.2) is 0 Å². The van der Waals surface area contributed by atoms with Crippen molar-refractivity contribution < 1.29 is 0 Å². The summed E-state index contributed by atoms with van der Waals surface area (Å²) >= 11 is 0. The summed E-state index contributed by atoms with van der Waals surface area (Å²) in [6.07, 6.45) is 0. The van der Waals surface area contributed by atoms with Gasteiger partial charge >= 0.3 is 0 Å². The first-order valence-electron chi connectivity index (χ1n) is 17.3. The minimum absolute atomic E-state index is 0.0911. The van der Waals surface area contributed by atoms with Crippen molar-refractivity contribution in [3.63, 3.8) is 0 Å². The number of hydrogen-bond acceptors (Lipinski definition) is 0. The Bertz CT molecular complexity index is 2730. The van der Waals surface area contributed by atoms with Crippen molar-refractivity contribution in [1.29, 1.82) is 0 Å². The molecular formula is C49H34. The van der Waals surface area contributed by atoms with E-state index in [1.165, 1.54) is 98.7 Å². The molecule has 0 spiro atoms. The Morgan fingerprint density at radius 1 is 0.286 bits per heavy atom. The quantitative estimate of drug-likeness (QED) is 0.172. The molecule has 0 atom stereocenters. The lowest BCUT2D eigenvalue weighted by molar-refractivity contribution is 0.662. The molecule has 1 aliphatic rings. The molecule has 9 aromatic rings. The molecule has 9 aromatic carbocycles. The van der Waals surface area contributed by atoms with Gasteiger partial charge in [0, 0.05) is 5.41 Å². The summed E-state index contributed by atoms with van der Waals surface area (Å²) in [4.78, 5) is 0. The first-order chi connectivity index (χ1) is 24.1. The second-order valence-corrected chi connectivity index (χ2v) is 14.0. The summed E-state index contributed by atoms with van der Waals surface area (Å²) < 4.78 is 0. The summed E-state index contributed by atoms with van der Waals surface area (Å²) in [5, 5.41) is 10.2. The molecule has 0 heterocycles. The van der Waals surface area contributed by atoms with Gasteiger partial charge in [0.25, 0.3) is 0 Å². The van der Waals surface area contributed by atoms with Gasteiger partial charge in [0.2, 0.25) is 0 Å². The molecule has 0 radical (unpaired) electrons. The lowest BCUT2D eigenvalue weighted by atomic mass is 9.77.